The highest BCUT2D eigenvalue weighted by Gasteiger charge is 2.17. The lowest BCUT2D eigenvalue weighted by atomic mass is 10.0. The zero-order valence-electron chi connectivity index (χ0n) is 7.58. The Kier molecular flexibility index (Phi) is 3.41. The molecule has 0 bridgehead atoms. The predicted octanol–water partition coefficient (Wildman–Crippen LogP) is 2.74. The Hall–Kier alpha value is -1.16. The Bertz CT molecular complexity index is 385. The average molecular weight is 257 g/mol. The van der Waals surface area contributed by atoms with Crippen LogP contribution in [0.5, 0.6) is 0 Å². The molecule has 1 aromatic carbocycles. The van der Waals surface area contributed by atoms with Gasteiger partial charge in [0.2, 0.25) is 0 Å². The van der Waals surface area contributed by atoms with E-state index in [0.29, 0.717) is 10.9 Å². The predicted molar refractivity (Wildman–Crippen MR) is 55.7 cm³/mol. The molecule has 1 rings (SSSR count). The number of rotatable bonds is 3. The molecule has 0 aliphatic heterocycles. The van der Waals surface area contributed by atoms with E-state index in [1.807, 2.05) is 0 Å². The summed E-state index contributed by atoms with van der Waals surface area (Å²) in [6, 6.07) is 4.69. The number of benzene rings is 1. The van der Waals surface area contributed by atoms with Crippen molar-refractivity contribution in [2.75, 3.05) is 0 Å². The quantitative estimate of drug-likeness (QED) is 0.847. The first-order chi connectivity index (χ1) is 6.57. The van der Waals surface area contributed by atoms with Crippen LogP contribution in [0.15, 0.2) is 22.7 Å². The minimum absolute atomic E-state index is 0.0474. The number of halogens is 1. The molecule has 14 heavy (non-hydrogen) atoms. The molecular weight excluding hydrogens is 248 g/mol. The average Bonchev–Trinajstić information content (AvgIpc) is 2.16. The van der Waals surface area contributed by atoms with Crippen LogP contribution in [0.3, 0.4) is 0 Å². The molecule has 0 unspecified atom stereocenters. The zero-order valence-corrected chi connectivity index (χ0v) is 9.17. The maximum absolute atomic E-state index is 11.5. The number of carbonyl (C=O) groups excluding carboxylic acids is 1. The molecule has 1 N–H and O–H groups in total. The van der Waals surface area contributed by atoms with Crippen molar-refractivity contribution < 1.29 is 14.7 Å². The highest BCUT2D eigenvalue weighted by molar-refractivity contribution is 9.10. The van der Waals surface area contributed by atoms with Crippen molar-refractivity contribution >= 4 is 27.7 Å². The van der Waals surface area contributed by atoms with Crippen LogP contribution in [0.4, 0.5) is 0 Å². The lowest BCUT2D eigenvalue weighted by Gasteiger charge is -2.05. The third kappa shape index (κ3) is 2.01. The maximum Gasteiger partial charge on any atom is 0.336 e. The second-order valence-electron chi connectivity index (χ2n) is 2.74. The number of aromatic carboxylic acids is 1. The number of Topliss-reactive ketones (excluding diaryl/α,β-unsaturated/α-hetero) is 1. The fourth-order valence-corrected chi connectivity index (χ4v) is 1.75. The maximum atomic E-state index is 11.5. The highest BCUT2D eigenvalue weighted by atomic mass is 79.9. The molecule has 4 heteroatoms. The Morgan fingerprint density at radius 1 is 1.43 bits per heavy atom. The van der Waals surface area contributed by atoms with Gasteiger partial charge in [0.05, 0.1) is 5.56 Å². The molecule has 0 fully saturated rings. The first-order valence-corrected chi connectivity index (χ1v) is 4.92. The number of carbonyl (C=O) groups is 2. The van der Waals surface area contributed by atoms with Crippen molar-refractivity contribution in [2.45, 2.75) is 13.3 Å². The number of hydrogen-bond donors (Lipinski definition) is 1. The van der Waals surface area contributed by atoms with E-state index in [1.165, 1.54) is 6.07 Å². The van der Waals surface area contributed by atoms with Gasteiger partial charge in [0.25, 0.3) is 0 Å². The first-order valence-electron chi connectivity index (χ1n) is 4.13. The molecule has 0 saturated heterocycles. The Morgan fingerprint density at radius 3 is 2.57 bits per heavy atom. The molecule has 0 spiro atoms. The molecule has 0 heterocycles. The second kappa shape index (κ2) is 4.37. The van der Waals surface area contributed by atoms with Gasteiger partial charge in [-0.1, -0.05) is 28.9 Å². The van der Waals surface area contributed by atoms with Gasteiger partial charge >= 0.3 is 5.97 Å². The lowest BCUT2D eigenvalue weighted by Crippen LogP contribution is -2.08. The number of carboxylic acid groups (broad SMARTS) is 1. The third-order valence-electron chi connectivity index (χ3n) is 1.84. The van der Waals surface area contributed by atoms with Gasteiger partial charge in [0.1, 0.15) is 0 Å². The van der Waals surface area contributed by atoms with Crippen LogP contribution >= 0.6 is 15.9 Å². The smallest absolute Gasteiger partial charge is 0.336 e. The standard InChI is InChI=1S/C10H9BrO3/c1-2-8(12)9-6(10(13)14)4-3-5-7(9)11/h3-5H,2H2,1H3,(H,13,14). The summed E-state index contributed by atoms with van der Waals surface area (Å²) in [6.07, 6.45) is 0.295. The minimum atomic E-state index is -1.08. The second-order valence-corrected chi connectivity index (χ2v) is 3.60. The van der Waals surface area contributed by atoms with E-state index in [0.717, 1.165) is 0 Å². The molecule has 0 aromatic heterocycles. The molecule has 3 nitrogen and oxygen atoms in total. The van der Waals surface area contributed by atoms with Crippen LogP contribution in [-0.2, 0) is 0 Å². The molecule has 0 amide bonds. The van der Waals surface area contributed by atoms with E-state index < -0.39 is 5.97 Å². The van der Waals surface area contributed by atoms with Crippen molar-refractivity contribution in [1.29, 1.82) is 0 Å². The van der Waals surface area contributed by atoms with Gasteiger partial charge in [0.15, 0.2) is 5.78 Å². The fraction of sp³-hybridized carbons (Fsp3) is 0.200. The van der Waals surface area contributed by atoms with Gasteiger partial charge in [-0.25, -0.2) is 4.79 Å². The van der Waals surface area contributed by atoms with E-state index >= 15 is 0 Å². The Labute approximate surface area is 89.9 Å². The number of ketones is 1. The molecule has 0 aliphatic rings. The SMILES string of the molecule is CCC(=O)c1c(Br)cccc1C(=O)O. The van der Waals surface area contributed by atoms with Crippen LogP contribution in [0.2, 0.25) is 0 Å². The van der Waals surface area contributed by atoms with E-state index in [9.17, 15) is 9.59 Å². The number of carboxylic acids is 1. The van der Waals surface area contributed by atoms with E-state index in [-0.39, 0.29) is 16.9 Å². The fourth-order valence-electron chi connectivity index (χ4n) is 1.16. The first kappa shape index (κ1) is 10.9. The van der Waals surface area contributed by atoms with Crippen molar-refractivity contribution in [2.24, 2.45) is 0 Å². The summed E-state index contributed by atoms with van der Waals surface area (Å²) in [5.74, 6) is -1.25. The minimum Gasteiger partial charge on any atom is -0.478 e. The Balaban J connectivity index is 3.36. The van der Waals surface area contributed by atoms with Gasteiger partial charge in [-0.05, 0) is 12.1 Å². The number of hydrogen-bond acceptors (Lipinski definition) is 2. The van der Waals surface area contributed by atoms with Gasteiger partial charge in [0, 0.05) is 16.5 Å². The molecule has 0 aliphatic carbocycles. The molecule has 0 saturated carbocycles. The highest BCUT2D eigenvalue weighted by Crippen LogP contribution is 2.22. The summed E-state index contributed by atoms with van der Waals surface area (Å²) >= 11 is 3.17. The topological polar surface area (TPSA) is 54.4 Å². The molecule has 74 valence electrons. The van der Waals surface area contributed by atoms with Crippen LogP contribution in [0, 0.1) is 0 Å². The van der Waals surface area contributed by atoms with Crippen molar-refractivity contribution in [3.8, 4) is 0 Å². The monoisotopic (exact) mass is 256 g/mol. The van der Waals surface area contributed by atoms with E-state index in [4.69, 9.17) is 5.11 Å². The summed E-state index contributed by atoms with van der Waals surface area (Å²) in [6.45, 7) is 1.70. The van der Waals surface area contributed by atoms with Crippen molar-refractivity contribution in [3.63, 3.8) is 0 Å². The molecule has 1 aromatic rings. The largest absolute Gasteiger partial charge is 0.478 e. The van der Waals surface area contributed by atoms with Crippen LogP contribution in [0.25, 0.3) is 0 Å². The van der Waals surface area contributed by atoms with Crippen LogP contribution in [-0.4, -0.2) is 16.9 Å². The van der Waals surface area contributed by atoms with E-state index in [1.54, 1.807) is 19.1 Å². The zero-order chi connectivity index (χ0) is 10.7. The van der Waals surface area contributed by atoms with Crippen LogP contribution < -0.4 is 0 Å². The summed E-state index contributed by atoms with van der Waals surface area (Å²) in [5.41, 5.74) is 0.300. The third-order valence-corrected chi connectivity index (χ3v) is 2.50. The molecular formula is C10H9BrO3. The van der Waals surface area contributed by atoms with Gasteiger partial charge in [-0.15, -0.1) is 0 Å². The van der Waals surface area contributed by atoms with Crippen molar-refractivity contribution in [3.05, 3.63) is 33.8 Å². The van der Waals surface area contributed by atoms with E-state index in [2.05, 4.69) is 15.9 Å². The van der Waals surface area contributed by atoms with Gasteiger partial charge in [-0.3, -0.25) is 4.79 Å². The Morgan fingerprint density at radius 2 is 2.07 bits per heavy atom. The van der Waals surface area contributed by atoms with Crippen LogP contribution in [0.1, 0.15) is 34.1 Å². The van der Waals surface area contributed by atoms with Gasteiger partial charge < -0.3 is 5.11 Å². The normalized spacial score (nSPS) is 9.86. The molecule has 0 atom stereocenters. The van der Waals surface area contributed by atoms with Crippen molar-refractivity contribution in [1.82, 2.24) is 0 Å². The lowest BCUT2D eigenvalue weighted by molar-refractivity contribution is 0.0691. The summed E-state index contributed by atoms with van der Waals surface area (Å²) in [4.78, 5) is 22.3. The summed E-state index contributed by atoms with van der Waals surface area (Å²) < 4.78 is 0.532. The van der Waals surface area contributed by atoms with Gasteiger partial charge in [-0.2, -0.15) is 0 Å². The summed E-state index contributed by atoms with van der Waals surface area (Å²) in [7, 11) is 0. The molecule has 0 radical (unpaired) electrons. The summed E-state index contributed by atoms with van der Waals surface area (Å²) in [5, 5.41) is 8.86.